The molecule has 1 heterocycles. The lowest BCUT2D eigenvalue weighted by atomic mass is 10.3. The minimum Gasteiger partial charge on any atom is -0.383 e. The van der Waals surface area contributed by atoms with Gasteiger partial charge in [0, 0.05) is 24.6 Å². The first-order valence-corrected chi connectivity index (χ1v) is 5.30. The number of hydrogen-bond acceptors (Lipinski definition) is 2. The van der Waals surface area contributed by atoms with E-state index in [2.05, 4.69) is 10.4 Å². The molecular weight excluding hydrogens is 229 g/mol. The van der Waals surface area contributed by atoms with Crippen LogP contribution in [0.25, 0.3) is 0 Å². The van der Waals surface area contributed by atoms with Gasteiger partial charge >= 0.3 is 0 Å². The molecule has 0 aliphatic rings. The third kappa shape index (κ3) is 2.73. The van der Waals surface area contributed by atoms with Gasteiger partial charge < -0.3 is 5.32 Å². The Bertz CT molecular complexity index is 456. The van der Waals surface area contributed by atoms with Gasteiger partial charge in [-0.1, -0.05) is 11.6 Å². The van der Waals surface area contributed by atoms with Crippen molar-refractivity contribution in [3.63, 3.8) is 0 Å². The van der Waals surface area contributed by atoms with E-state index in [1.165, 1.54) is 6.07 Å². The fourth-order valence-electron chi connectivity index (χ4n) is 1.35. The van der Waals surface area contributed by atoms with Gasteiger partial charge in [0.25, 0.3) is 0 Å². The first kappa shape index (κ1) is 11.0. The Kier molecular flexibility index (Phi) is 3.41. The first-order valence-electron chi connectivity index (χ1n) is 4.92. The van der Waals surface area contributed by atoms with E-state index in [1.807, 2.05) is 16.9 Å². The highest BCUT2D eigenvalue weighted by atomic mass is 35.5. The molecule has 0 aliphatic carbocycles. The number of halogens is 2. The Morgan fingerprint density at radius 3 is 3.00 bits per heavy atom. The average molecular weight is 240 g/mol. The second kappa shape index (κ2) is 4.99. The van der Waals surface area contributed by atoms with Crippen LogP contribution in [0.15, 0.2) is 36.7 Å². The van der Waals surface area contributed by atoms with Crippen LogP contribution >= 0.6 is 11.6 Å². The molecule has 0 fully saturated rings. The molecule has 1 aromatic carbocycles. The van der Waals surface area contributed by atoms with Crippen molar-refractivity contribution in [2.24, 2.45) is 0 Å². The lowest BCUT2D eigenvalue weighted by Crippen LogP contribution is -2.10. The summed E-state index contributed by atoms with van der Waals surface area (Å²) in [5.41, 5.74) is 0.804. The molecule has 16 heavy (non-hydrogen) atoms. The highest BCUT2D eigenvalue weighted by Gasteiger charge is 2.00. The van der Waals surface area contributed by atoms with Gasteiger partial charge in [-0.25, -0.2) is 4.39 Å². The highest BCUT2D eigenvalue weighted by Crippen LogP contribution is 2.18. The Morgan fingerprint density at radius 2 is 2.31 bits per heavy atom. The average Bonchev–Trinajstić information content (AvgIpc) is 2.76. The molecule has 2 rings (SSSR count). The monoisotopic (exact) mass is 239 g/mol. The number of aromatic nitrogens is 2. The van der Waals surface area contributed by atoms with E-state index in [0.717, 1.165) is 12.2 Å². The van der Waals surface area contributed by atoms with Gasteiger partial charge in [0.15, 0.2) is 0 Å². The number of nitrogens with zero attached hydrogens (tertiary/aromatic N) is 2. The summed E-state index contributed by atoms with van der Waals surface area (Å²) in [5, 5.41) is 7.34. The van der Waals surface area contributed by atoms with E-state index in [4.69, 9.17) is 11.6 Å². The van der Waals surface area contributed by atoms with Crippen LogP contribution in [-0.2, 0) is 6.54 Å². The smallest absolute Gasteiger partial charge is 0.141 e. The molecule has 0 spiro atoms. The molecule has 0 radical (unpaired) electrons. The predicted octanol–water partition coefficient (Wildman–Crippen LogP) is 2.79. The van der Waals surface area contributed by atoms with Crippen LogP contribution in [-0.4, -0.2) is 16.3 Å². The predicted molar refractivity (Wildman–Crippen MR) is 62.1 cm³/mol. The molecule has 0 unspecified atom stereocenters. The Labute approximate surface area is 97.8 Å². The summed E-state index contributed by atoms with van der Waals surface area (Å²) < 4.78 is 14.7. The first-order chi connectivity index (χ1) is 7.75. The molecule has 1 N–H and O–H groups in total. The number of benzene rings is 1. The van der Waals surface area contributed by atoms with E-state index in [0.29, 0.717) is 6.54 Å². The molecule has 0 atom stereocenters. The zero-order valence-corrected chi connectivity index (χ0v) is 9.28. The third-order valence-electron chi connectivity index (χ3n) is 2.15. The molecule has 1 aromatic heterocycles. The van der Waals surface area contributed by atoms with Crippen LogP contribution in [0.3, 0.4) is 0 Å². The normalized spacial score (nSPS) is 10.4. The molecule has 3 nitrogen and oxygen atoms in total. The van der Waals surface area contributed by atoms with E-state index < -0.39 is 5.82 Å². The van der Waals surface area contributed by atoms with Crippen molar-refractivity contribution >= 4 is 17.3 Å². The van der Waals surface area contributed by atoms with Crippen LogP contribution in [0.2, 0.25) is 5.02 Å². The Balaban J connectivity index is 1.87. The number of anilines is 1. The SMILES string of the molecule is Fc1ccc(NCCn2cccn2)cc1Cl. The zero-order chi connectivity index (χ0) is 11.4. The standard InChI is InChI=1S/C11H11ClFN3/c12-10-8-9(2-3-11(10)13)14-5-7-16-6-1-4-15-16/h1-4,6,8,14H,5,7H2. The maximum atomic E-state index is 12.9. The fraction of sp³-hybridized carbons (Fsp3) is 0.182. The summed E-state index contributed by atoms with van der Waals surface area (Å²) in [6, 6.07) is 6.44. The Hall–Kier alpha value is -1.55. The van der Waals surface area contributed by atoms with Crippen molar-refractivity contribution in [2.45, 2.75) is 6.54 Å². The van der Waals surface area contributed by atoms with E-state index in [-0.39, 0.29) is 5.02 Å². The van der Waals surface area contributed by atoms with Crippen LogP contribution in [0.1, 0.15) is 0 Å². The summed E-state index contributed by atoms with van der Waals surface area (Å²) in [4.78, 5) is 0. The van der Waals surface area contributed by atoms with Crippen molar-refractivity contribution in [1.82, 2.24) is 9.78 Å². The minimum absolute atomic E-state index is 0.129. The van der Waals surface area contributed by atoms with Crippen LogP contribution < -0.4 is 5.32 Å². The molecule has 84 valence electrons. The maximum absolute atomic E-state index is 12.9. The molecular formula is C11H11ClFN3. The van der Waals surface area contributed by atoms with E-state index in [9.17, 15) is 4.39 Å². The lowest BCUT2D eigenvalue weighted by molar-refractivity contribution is 0.627. The van der Waals surface area contributed by atoms with Crippen molar-refractivity contribution in [3.05, 3.63) is 47.5 Å². The minimum atomic E-state index is -0.403. The molecule has 2 aromatic rings. The molecule has 0 aliphatic heterocycles. The molecule has 0 amide bonds. The van der Waals surface area contributed by atoms with Crippen LogP contribution in [0, 0.1) is 5.82 Å². The van der Waals surface area contributed by atoms with Crippen molar-refractivity contribution in [3.8, 4) is 0 Å². The van der Waals surface area contributed by atoms with Gasteiger partial charge in [-0.2, -0.15) is 5.10 Å². The second-order valence-electron chi connectivity index (χ2n) is 3.32. The number of nitrogens with one attached hydrogen (secondary N) is 1. The highest BCUT2D eigenvalue weighted by molar-refractivity contribution is 6.31. The lowest BCUT2D eigenvalue weighted by Gasteiger charge is -2.07. The largest absolute Gasteiger partial charge is 0.383 e. The van der Waals surface area contributed by atoms with E-state index in [1.54, 1.807) is 18.3 Å². The molecule has 0 saturated heterocycles. The van der Waals surface area contributed by atoms with Crippen LogP contribution in [0.4, 0.5) is 10.1 Å². The van der Waals surface area contributed by atoms with Gasteiger partial charge in [-0.3, -0.25) is 4.68 Å². The molecule has 5 heteroatoms. The van der Waals surface area contributed by atoms with Gasteiger partial charge in [0.2, 0.25) is 0 Å². The summed E-state index contributed by atoms with van der Waals surface area (Å²) in [7, 11) is 0. The summed E-state index contributed by atoms with van der Waals surface area (Å²) in [6.45, 7) is 1.46. The summed E-state index contributed by atoms with van der Waals surface area (Å²) >= 11 is 5.66. The van der Waals surface area contributed by atoms with Crippen molar-refractivity contribution in [2.75, 3.05) is 11.9 Å². The number of hydrogen-bond donors (Lipinski definition) is 1. The van der Waals surface area contributed by atoms with Gasteiger partial charge in [0.05, 0.1) is 11.6 Å². The number of rotatable bonds is 4. The van der Waals surface area contributed by atoms with Gasteiger partial charge in [0.1, 0.15) is 5.82 Å². The fourth-order valence-corrected chi connectivity index (χ4v) is 1.53. The van der Waals surface area contributed by atoms with Crippen molar-refractivity contribution < 1.29 is 4.39 Å². The van der Waals surface area contributed by atoms with Gasteiger partial charge in [-0.05, 0) is 24.3 Å². The molecule has 0 saturated carbocycles. The van der Waals surface area contributed by atoms with E-state index >= 15 is 0 Å². The zero-order valence-electron chi connectivity index (χ0n) is 8.53. The van der Waals surface area contributed by atoms with Crippen LogP contribution in [0.5, 0.6) is 0 Å². The quantitative estimate of drug-likeness (QED) is 0.889. The summed E-state index contributed by atoms with van der Waals surface area (Å²) in [6.07, 6.45) is 3.62. The second-order valence-corrected chi connectivity index (χ2v) is 3.73. The summed E-state index contributed by atoms with van der Waals surface area (Å²) in [5.74, 6) is -0.403. The van der Waals surface area contributed by atoms with Gasteiger partial charge in [-0.15, -0.1) is 0 Å². The molecule has 0 bridgehead atoms. The topological polar surface area (TPSA) is 29.9 Å². The third-order valence-corrected chi connectivity index (χ3v) is 2.44. The Morgan fingerprint density at radius 1 is 1.44 bits per heavy atom. The van der Waals surface area contributed by atoms with Crippen molar-refractivity contribution in [1.29, 1.82) is 0 Å². The maximum Gasteiger partial charge on any atom is 0.141 e.